The minimum absolute atomic E-state index is 0.151. The SMILES string of the molecule is Cc1cc2c(NC3C(N)C4CCOC43)nccn2n1. The van der Waals surface area contributed by atoms with Crippen molar-refractivity contribution in [3.63, 3.8) is 0 Å². The first-order valence-electron chi connectivity index (χ1n) is 6.69. The second-order valence-corrected chi connectivity index (χ2v) is 5.43. The van der Waals surface area contributed by atoms with Gasteiger partial charge in [0.05, 0.1) is 17.8 Å². The van der Waals surface area contributed by atoms with Crippen LogP contribution in [0.5, 0.6) is 0 Å². The molecule has 2 aromatic rings. The van der Waals surface area contributed by atoms with Gasteiger partial charge < -0.3 is 15.8 Å². The van der Waals surface area contributed by atoms with Crippen LogP contribution in [0.3, 0.4) is 0 Å². The highest BCUT2D eigenvalue weighted by atomic mass is 16.5. The van der Waals surface area contributed by atoms with Crippen molar-refractivity contribution >= 4 is 11.3 Å². The maximum atomic E-state index is 6.21. The minimum Gasteiger partial charge on any atom is -0.376 e. The molecule has 1 saturated carbocycles. The lowest BCUT2D eigenvalue weighted by atomic mass is 9.72. The summed E-state index contributed by atoms with van der Waals surface area (Å²) in [5, 5.41) is 7.82. The maximum absolute atomic E-state index is 6.21. The van der Waals surface area contributed by atoms with Gasteiger partial charge in [-0.15, -0.1) is 0 Å². The lowest BCUT2D eigenvalue weighted by Crippen LogP contribution is -2.65. The Morgan fingerprint density at radius 2 is 2.42 bits per heavy atom. The first kappa shape index (κ1) is 11.2. The van der Waals surface area contributed by atoms with Gasteiger partial charge in [-0.05, 0) is 19.4 Å². The number of rotatable bonds is 2. The van der Waals surface area contributed by atoms with Gasteiger partial charge in [0.1, 0.15) is 5.52 Å². The topological polar surface area (TPSA) is 77.5 Å². The maximum Gasteiger partial charge on any atom is 0.152 e. The van der Waals surface area contributed by atoms with Crippen LogP contribution in [-0.4, -0.2) is 39.4 Å². The highest BCUT2D eigenvalue weighted by molar-refractivity contribution is 5.68. The molecule has 0 spiro atoms. The summed E-state index contributed by atoms with van der Waals surface area (Å²) in [5.74, 6) is 1.33. The van der Waals surface area contributed by atoms with E-state index in [4.69, 9.17) is 10.5 Å². The summed E-state index contributed by atoms with van der Waals surface area (Å²) in [7, 11) is 0. The molecule has 1 aliphatic heterocycles. The monoisotopic (exact) mass is 259 g/mol. The molecule has 3 N–H and O–H groups in total. The lowest BCUT2D eigenvalue weighted by Gasteiger charge is -2.45. The molecule has 6 nitrogen and oxygen atoms in total. The summed E-state index contributed by atoms with van der Waals surface area (Å²) in [6.07, 6.45) is 4.91. The van der Waals surface area contributed by atoms with Crippen molar-refractivity contribution in [2.45, 2.75) is 31.5 Å². The van der Waals surface area contributed by atoms with Crippen molar-refractivity contribution in [3.05, 3.63) is 24.2 Å². The molecule has 19 heavy (non-hydrogen) atoms. The molecular formula is C13H17N5O. The summed E-state index contributed by atoms with van der Waals surface area (Å²) in [4.78, 5) is 4.41. The molecule has 1 saturated heterocycles. The molecule has 3 heterocycles. The van der Waals surface area contributed by atoms with Gasteiger partial charge in [0.2, 0.25) is 0 Å². The Morgan fingerprint density at radius 1 is 1.53 bits per heavy atom. The van der Waals surface area contributed by atoms with E-state index in [1.54, 1.807) is 6.20 Å². The Bertz CT molecular complexity index is 625. The zero-order chi connectivity index (χ0) is 13.0. The first-order valence-corrected chi connectivity index (χ1v) is 6.69. The van der Waals surface area contributed by atoms with Crippen LogP contribution in [0.15, 0.2) is 18.5 Å². The van der Waals surface area contributed by atoms with Crippen LogP contribution >= 0.6 is 0 Å². The standard InChI is InChI=1S/C13H17N5O/c1-7-6-9-13(15-3-4-18(9)17-7)16-11-10(14)8-2-5-19-12(8)11/h3-4,6,8,10-12H,2,5,14H2,1H3,(H,15,16). The van der Waals surface area contributed by atoms with Crippen LogP contribution in [0.25, 0.3) is 5.52 Å². The molecule has 6 heteroatoms. The normalized spacial score (nSPS) is 33.2. The van der Waals surface area contributed by atoms with Crippen LogP contribution in [-0.2, 0) is 4.74 Å². The summed E-state index contributed by atoms with van der Waals surface area (Å²) in [6, 6.07) is 2.33. The highest BCUT2D eigenvalue weighted by Gasteiger charge is 2.52. The van der Waals surface area contributed by atoms with E-state index in [1.165, 1.54) is 0 Å². The van der Waals surface area contributed by atoms with Gasteiger partial charge in [-0.25, -0.2) is 9.50 Å². The number of aromatic nitrogens is 3. The summed E-state index contributed by atoms with van der Waals surface area (Å²) in [6.45, 7) is 2.80. The van der Waals surface area contributed by atoms with Crippen molar-refractivity contribution in [3.8, 4) is 0 Å². The molecule has 2 aliphatic rings. The number of nitrogens with two attached hydrogens (primary N) is 1. The lowest BCUT2D eigenvalue weighted by molar-refractivity contribution is 0.00528. The van der Waals surface area contributed by atoms with E-state index in [0.29, 0.717) is 5.92 Å². The van der Waals surface area contributed by atoms with Gasteiger partial charge in [-0.1, -0.05) is 0 Å². The average molecular weight is 259 g/mol. The Balaban J connectivity index is 1.65. The van der Waals surface area contributed by atoms with E-state index < -0.39 is 0 Å². The number of nitrogens with one attached hydrogen (secondary N) is 1. The summed E-state index contributed by atoms with van der Waals surface area (Å²) in [5.41, 5.74) is 8.17. The predicted octanol–water partition coefficient (Wildman–Crippen LogP) is 0.564. The first-order chi connectivity index (χ1) is 9.24. The third-order valence-electron chi connectivity index (χ3n) is 4.26. The Morgan fingerprint density at radius 3 is 3.32 bits per heavy atom. The van der Waals surface area contributed by atoms with Gasteiger partial charge in [-0.3, -0.25) is 0 Å². The largest absolute Gasteiger partial charge is 0.376 e. The van der Waals surface area contributed by atoms with Crippen LogP contribution in [0.2, 0.25) is 0 Å². The second-order valence-electron chi connectivity index (χ2n) is 5.43. The average Bonchev–Trinajstić information content (AvgIpc) is 2.98. The minimum atomic E-state index is 0.151. The van der Waals surface area contributed by atoms with Crippen molar-refractivity contribution in [1.29, 1.82) is 0 Å². The van der Waals surface area contributed by atoms with Gasteiger partial charge in [0, 0.05) is 31.0 Å². The van der Waals surface area contributed by atoms with Crippen LogP contribution in [0, 0.1) is 12.8 Å². The number of aryl methyl sites for hydroxylation is 1. The van der Waals surface area contributed by atoms with Crippen molar-refractivity contribution in [2.24, 2.45) is 11.7 Å². The smallest absolute Gasteiger partial charge is 0.152 e. The molecule has 100 valence electrons. The zero-order valence-corrected chi connectivity index (χ0v) is 10.8. The molecule has 4 rings (SSSR count). The fourth-order valence-electron chi connectivity index (χ4n) is 3.24. The van der Waals surface area contributed by atoms with Gasteiger partial charge >= 0.3 is 0 Å². The molecule has 0 radical (unpaired) electrons. The number of ether oxygens (including phenoxy) is 1. The van der Waals surface area contributed by atoms with Gasteiger partial charge in [0.25, 0.3) is 0 Å². The van der Waals surface area contributed by atoms with E-state index in [1.807, 2.05) is 23.7 Å². The Hall–Kier alpha value is -1.66. The number of fused-ring (bicyclic) bond motifs is 2. The highest BCUT2D eigenvalue weighted by Crippen LogP contribution is 2.39. The van der Waals surface area contributed by atoms with Crippen LogP contribution in [0.4, 0.5) is 5.82 Å². The third kappa shape index (κ3) is 1.56. The van der Waals surface area contributed by atoms with E-state index in [9.17, 15) is 0 Å². The van der Waals surface area contributed by atoms with Crippen LogP contribution in [0.1, 0.15) is 12.1 Å². The fourth-order valence-corrected chi connectivity index (χ4v) is 3.24. The molecule has 2 fully saturated rings. The molecule has 0 amide bonds. The van der Waals surface area contributed by atoms with E-state index in [0.717, 1.165) is 30.1 Å². The van der Waals surface area contributed by atoms with Crippen molar-refractivity contribution in [2.75, 3.05) is 11.9 Å². The van der Waals surface area contributed by atoms with Crippen molar-refractivity contribution in [1.82, 2.24) is 14.6 Å². The zero-order valence-electron chi connectivity index (χ0n) is 10.8. The quantitative estimate of drug-likeness (QED) is 0.824. The van der Waals surface area contributed by atoms with E-state index >= 15 is 0 Å². The van der Waals surface area contributed by atoms with Crippen LogP contribution < -0.4 is 11.1 Å². The predicted molar refractivity (Wildman–Crippen MR) is 71.0 cm³/mol. The van der Waals surface area contributed by atoms with Crippen molar-refractivity contribution < 1.29 is 4.74 Å². The number of hydrogen-bond donors (Lipinski definition) is 2. The molecule has 0 aromatic carbocycles. The molecular weight excluding hydrogens is 242 g/mol. The molecule has 4 unspecified atom stereocenters. The number of nitrogens with zero attached hydrogens (tertiary/aromatic N) is 3. The van der Waals surface area contributed by atoms with Gasteiger partial charge in [-0.2, -0.15) is 5.10 Å². The summed E-state index contributed by atoms with van der Waals surface area (Å²) < 4.78 is 7.57. The molecule has 1 aliphatic carbocycles. The molecule has 2 aromatic heterocycles. The fraction of sp³-hybridized carbons (Fsp3) is 0.538. The Labute approximate surface area is 111 Å². The summed E-state index contributed by atoms with van der Waals surface area (Å²) >= 11 is 0. The Kier molecular flexibility index (Phi) is 2.31. The molecule has 0 bridgehead atoms. The number of hydrogen-bond acceptors (Lipinski definition) is 5. The number of anilines is 1. The van der Waals surface area contributed by atoms with Gasteiger partial charge in [0.15, 0.2) is 5.82 Å². The molecule has 4 atom stereocenters. The second kappa shape index (κ2) is 3.91. The third-order valence-corrected chi connectivity index (χ3v) is 4.26. The van der Waals surface area contributed by atoms with E-state index in [2.05, 4.69) is 15.4 Å². The van der Waals surface area contributed by atoms with E-state index in [-0.39, 0.29) is 18.2 Å².